The highest BCUT2D eigenvalue weighted by Crippen LogP contribution is 2.28. The fourth-order valence-electron chi connectivity index (χ4n) is 2.08. The number of aryl methyl sites for hydroxylation is 1. The fraction of sp³-hybridized carbons (Fsp3) is 0.118. The molecule has 1 heterocycles. The molecule has 0 saturated heterocycles. The minimum atomic E-state index is -0.389. The van der Waals surface area contributed by atoms with E-state index in [1.165, 1.54) is 11.3 Å². The van der Waals surface area contributed by atoms with Gasteiger partial charge in [-0.1, -0.05) is 46.7 Å². The van der Waals surface area contributed by atoms with Gasteiger partial charge in [0.25, 0.3) is 0 Å². The molecule has 1 aromatic heterocycles. The van der Waals surface area contributed by atoms with Crippen molar-refractivity contribution in [3.8, 4) is 5.75 Å². The summed E-state index contributed by atoms with van der Waals surface area (Å²) in [6.45, 7) is 2.13. The predicted molar refractivity (Wildman–Crippen MR) is 105 cm³/mol. The van der Waals surface area contributed by atoms with Gasteiger partial charge < -0.3 is 10.1 Å². The molecule has 3 rings (SSSR count). The Hall–Kier alpha value is -2.35. The number of urea groups is 1. The standard InChI is InChI=1S/C17H14Cl2N4O2S/c1-10-3-2-4-12(7-10)20-16(24)21-17-23-22-15(26-17)9-25-14-6-5-11(18)8-13(14)19/h2-8H,9H2,1H3,(H2,20,21,23,24). The Balaban J connectivity index is 1.55. The Bertz CT molecular complexity index is 933. The number of aromatic nitrogens is 2. The van der Waals surface area contributed by atoms with Crippen LogP contribution in [0.5, 0.6) is 5.75 Å². The van der Waals surface area contributed by atoms with Crippen LogP contribution in [0.15, 0.2) is 42.5 Å². The number of carbonyl (C=O) groups is 1. The molecule has 0 aliphatic heterocycles. The lowest BCUT2D eigenvalue weighted by atomic mass is 10.2. The van der Waals surface area contributed by atoms with Crippen molar-refractivity contribution in [2.75, 3.05) is 10.6 Å². The second-order valence-electron chi connectivity index (χ2n) is 5.31. The van der Waals surface area contributed by atoms with Crippen LogP contribution in [0.1, 0.15) is 10.6 Å². The number of halogens is 2. The van der Waals surface area contributed by atoms with Gasteiger partial charge in [0.2, 0.25) is 5.13 Å². The van der Waals surface area contributed by atoms with Crippen LogP contribution in [-0.2, 0) is 6.61 Å². The molecule has 2 aromatic carbocycles. The van der Waals surface area contributed by atoms with Crippen LogP contribution in [0.2, 0.25) is 10.0 Å². The number of amides is 2. The molecule has 9 heteroatoms. The number of ether oxygens (including phenoxy) is 1. The molecule has 0 radical (unpaired) electrons. The molecule has 0 aliphatic carbocycles. The predicted octanol–water partition coefficient (Wildman–Crippen LogP) is 5.38. The van der Waals surface area contributed by atoms with Crippen molar-refractivity contribution in [3.05, 3.63) is 63.1 Å². The van der Waals surface area contributed by atoms with Crippen molar-refractivity contribution < 1.29 is 9.53 Å². The SMILES string of the molecule is Cc1cccc(NC(=O)Nc2nnc(COc3ccc(Cl)cc3Cl)s2)c1. The van der Waals surface area contributed by atoms with Gasteiger partial charge in [-0.15, -0.1) is 10.2 Å². The van der Waals surface area contributed by atoms with Crippen LogP contribution in [0.4, 0.5) is 15.6 Å². The molecule has 2 amide bonds. The van der Waals surface area contributed by atoms with E-state index in [9.17, 15) is 4.79 Å². The Kier molecular flexibility index (Phi) is 5.92. The lowest BCUT2D eigenvalue weighted by molar-refractivity contribution is 0.262. The highest BCUT2D eigenvalue weighted by atomic mass is 35.5. The molecule has 3 aromatic rings. The van der Waals surface area contributed by atoms with Gasteiger partial charge in [0.05, 0.1) is 5.02 Å². The number of hydrogen-bond donors (Lipinski definition) is 2. The number of anilines is 2. The molecule has 0 saturated carbocycles. The maximum Gasteiger partial charge on any atom is 0.325 e. The summed E-state index contributed by atoms with van der Waals surface area (Å²) in [4.78, 5) is 12.0. The molecule has 0 unspecified atom stereocenters. The molecule has 0 spiro atoms. The number of hydrogen-bond acceptors (Lipinski definition) is 5. The topological polar surface area (TPSA) is 76.1 Å². The van der Waals surface area contributed by atoms with E-state index in [4.69, 9.17) is 27.9 Å². The molecule has 0 fully saturated rings. The molecular formula is C17H14Cl2N4O2S. The molecule has 134 valence electrons. The van der Waals surface area contributed by atoms with E-state index >= 15 is 0 Å². The normalized spacial score (nSPS) is 10.4. The summed E-state index contributed by atoms with van der Waals surface area (Å²) in [7, 11) is 0. The van der Waals surface area contributed by atoms with E-state index in [0.29, 0.717) is 31.6 Å². The van der Waals surface area contributed by atoms with Crippen molar-refractivity contribution in [2.45, 2.75) is 13.5 Å². The number of nitrogens with one attached hydrogen (secondary N) is 2. The summed E-state index contributed by atoms with van der Waals surface area (Å²) >= 11 is 13.1. The zero-order valence-corrected chi connectivity index (χ0v) is 16.0. The first-order chi connectivity index (χ1) is 12.5. The maximum atomic E-state index is 12.0. The highest BCUT2D eigenvalue weighted by Gasteiger charge is 2.10. The number of benzene rings is 2. The first kappa shape index (κ1) is 18.4. The van der Waals surface area contributed by atoms with Crippen molar-refractivity contribution >= 4 is 51.4 Å². The lowest BCUT2D eigenvalue weighted by Crippen LogP contribution is -2.19. The third-order valence-corrected chi connectivity index (χ3v) is 4.55. The second kappa shape index (κ2) is 8.35. The van der Waals surface area contributed by atoms with Crippen molar-refractivity contribution in [2.24, 2.45) is 0 Å². The summed E-state index contributed by atoms with van der Waals surface area (Å²) in [5.41, 5.74) is 1.76. The first-order valence-electron chi connectivity index (χ1n) is 7.54. The van der Waals surface area contributed by atoms with Gasteiger partial charge in [0.1, 0.15) is 12.4 Å². The molecule has 0 atom stereocenters. The number of rotatable bonds is 5. The van der Waals surface area contributed by atoms with Crippen LogP contribution in [-0.4, -0.2) is 16.2 Å². The van der Waals surface area contributed by atoms with Gasteiger partial charge >= 0.3 is 6.03 Å². The largest absolute Gasteiger partial charge is 0.485 e. The van der Waals surface area contributed by atoms with E-state index in [0.717, 1.165) is 5.56 Å². The van der Waals surface area contributed by atoms with Crippen LogP contribution < -0.4 is 15.4 Å². The fourth-order valence-corrected chi connectivity index (χ4v) is 3.19. The van der Waals surface area contributed by atoms with Gasteiger partial charge in [0, 0.05) is 10.7 Å². The van der Waals surface area contributed by atoms with E-state index in [1.54, 1.807) is 18.2 Å². The monoisotopic (exact) mass is 408 g/mol. The lowest BCUT2D eigenvalue weighted by Gasteiger charge is -2.06. The maximum absolute atomic E-state index is 12.0. The van der Waals surface area contributed by atoms with Crippen LogP contribution in [0.25, 0.3) is 0 Å². The Morgan fingerprint density at radius 1 is 1.15 bits per heavy atom. The third kappa shape index (κ3) is 5.08. The summed E-state index contributed by atoms with van der Waals surface area (Å²) in [5, 5.41) is 15.2. The highest BCUT2D eigenvalue weighted by molar-refractivity contribution is 7.15. The Labute approximate surface area is 164 Å². The Morgan fingerprint density at radius 3 is 2.77 bits per heavy atom. The van der Waals surface area contributed by atoms with Crippen molar-refractivity contribution in [1.29, 1.82) is 0 Å². The van der Waals surface area contributed by atoms with Crippen LogP contribution in [0, 0.1) is 6.92 Å². The molecule has 0 bridgehead atoms. The van der Waals surface area contributed by atoms with Gasteiger partial charge in [-0.3, -0.25) is 5.32 Å². The zero-order chi connectivity index (χ0) is 18.5. The van der Waals surface area contributed by atoms with E-state index in [2.05, 4.69) is 20.8 Å². The second-order valence-corrected chi connectivity index (χ2v) is 7.22. The van der Waals surface area contributed by atoms with Gasteiger partial charge in [-0.2, -0.15) is 0 Å². The summed E-state index contributed by atoms with van der Waals surface area (Å²) in [6.07, 6.45) is 0. The first-order valence-corrected chi connectivity index (χ1v) is 9.12. The average Bonchev–Trinajstić information content (AvgIpc) is 3.01. The minimum absolute atomic E-state index is 0.181. The summed E-state index contributed by atoms with van der Waals surface area (Å²) < 4.78 is 5.59. The quantitative estimate of drug-likeness (QED) is 0.594. The van der Waals surface area contributed by atoms with Gasteiger partial charge in [0.15, 0.2) is 5.01 Å². The van der Waals surface area contributed by atoms with Gasteiger partial charge in [-0.25, -0.2) is 4.79 Å². The number of nitrogens with zero attached hydrogens (tertiary/aromatic N) is 2. The zero-order valence-electron chi connectivity index (χ0n) is 13.6. The molecule has 26 heavy (non-hydrogen) atoms. The number of carbonyl (C=O) groups excluding carboxylic acids is 1. The summed E-state index contributed by atoms with van der Waals surface area (Å²) in [5.74, 6) is 0.498. The van der Waals surface area contributed by atoms with E-state index < -0.39 is 0 Å². The van der Waals surface area contributed by atoms with Crippen LogP contribution >= 0.6 is 34.5 Å². The third-order valence-electron chi connectivity index (χ3n) is 3.21. The molecule has 0 aliphatic rings. The smallest absolute Gasteiger partial charge is 0.325 e. The molecule has 2 N–H and O–H groups in total. The Morgan fingerprint density at radius 2 is 2.00 bits per heavy atom. The molecular weight excluding hydrogens is 395 g/mol. The minimum Gasteiger partial charge on any atom is -0.485 e. The van der Waals surface area contributed by atoms with Crippen LogP contribution in [0.3, 0.4) is 0 Å². The molecule has 6 nitrogen and oxygen atoms in total. The van der Waals surface area contributed by atoms with E-state index in [-0.39, 0.29) is 12.6 Å². The van der Waals surface area contributed by atoms with E-state index in [1.807, 2.05) is 31.2 Å². The van der Waals surface area contributed by atoms with Crippen molar-refractivity contribution in [1.82, 2.24) is 10.2 Å². The summed E-state index contributed by atoms with van der Waals surface area (Å²) in [6, 6.07) is 12.1. The van der Waals surface area contributed by atoms with Gasteiger partial charge in [-0.05, 0) is 42.8 Å². The van der Waals surface area contributed by atoms with Crippen molar-refractivity contribution in [3.63, 3.8) is 0 Å². The average molecular weight is 409 g/mol.